The Labute approximate surface area is 167 Å². The van der Waals surface area contributed by atoms with Gasteiger partial charge in [0.05, 0.1) is 28.5 Å². The Morgan fingerprint density at radius 3 is 2.67 bits per heavy atom. The van der Waals surface area contributed by atoms with Crippen LogP contribution in [0.15, 0.2) is 42.5 Å². The fraction of sp³-hybridized carbons (Fsp3) is 0.200. The van der Waals surface area contributed by atoms with Gasteiger partial charge in [0.25, 0.3) is 5.91 Å². The molecule has 0 atom stereocenters. The molecule has 2 aromatic carbocycles. The molecule has 0 bridgehead atoms. The van der Waals surface area contributed by atoms with E-state index in [0.29, 0.717) is 32.7 Å². The van der Waals surface area contributed by atoms with Gasteiger partial charge in [-0.15, -0.1) is 0 Å². The van der Waals surface area contributed by atoms with Crippen molar-refractivity contribution in [3.05, 3.63) is 63.8 Å². The Bertz CT molecular complexity index is 970. The Kier molecular flexibility index (Phi) is 6.04. The third kappa shape index (κ3) is 4.10. The van der Waals surface area contributed by atoms with Crippen molar-refractivity contribution < 1.29 is 9.53 Å². The van der Waals surface area contributed by atoms with Crippen molar-refractivity contribution in [3.63, 3.8) is 0 Å². The van der Waals surface area contributed by atoms with Crippen molar-refractivity contribution in [2.24, 2.45) is 0 Å². The normalized spacial score (nSPS) is 10.7. The maximum absolute atomic E-state index is 12.8. The summed E-state index contributed by atoms with van der Waals surface area (Å²) in [4.78, 5) is 12.8. The van der Waals surface area contributed by atoms with Gasteiger partial charge in [0.2, 0.25) is 0 Å². The summed E-state index contributed by atoms with van der Waals surface area (Å²) < 4.78 is 5.44. The maximum atomic E-state index is 12.8. The summed E-state index contributed by atoms with van der Waals surface area (Å²) >= 11 is 12.0. The molecule has 1 heterocycles. The molecule has 140 valence electrons. The highest BCUT2D eigenvalue weighted by Crippen LogP contribution is 2.36. The number of hydrogen-bond donors (Lipinski definition) is 2. The first kappa shape index (κ1) is 19.3. The lowest BCUT2D eigenvalue weighted by Crippen LogP contribution is -2.13. The van der Waals surface area contributed by atoms with Crippen molar-refractivity contribution in [2.75, 3.05) is 12.4 Å². The number of aryl methyl sites for hydroxylation is 1. The number of H-pyrrole nitrogens is 1. The molecule has 7 heteroatoms. The number of ether oxygens (including phenoxy) is 1. The molecule has 1 aromatic heterocycles. The zero-order chi connectivity index (χ0) is 19.4. The van der Waals surface area contributed by atoms with Gasteiger partial charge in [-0.2, -0.15) is 5.10 Å². The number of aromatic nitrogens is 2. The number of anilines is 1. The van der Waals surface area contributed by atoms with Crippen LogP contribution in [0.3, 0.4) is 0 Å². The van der Waals surface area contributed by atoms with E-state index < -0.39 is 0 Å². The number of nitrogens with zero attached hydrogens (tertiary/aromatic N) is 1. The molecule has 0 spiro atoms. The molecule has 1 amide bonds. The van der Waals surface area contributed by atoms with Crippen LogP contribution in [-0.2, 0) is 6.42 Å². The summed E-state index contributed by atoms with van der Waals surface area (Å²) in [5.74, 6) is 0.389. The van der Waals surface area contributed by atoms with Crippen molar-refractivity contribution in [1.82, 2.24) is 10.2 Å². The van der Waals surface area contributed by atoms with Gasteiger partial charge in [-0.25, -0.2) is 0 Å². The van der Waals surface area contributed by atoms with E-state index in [1.54, 1.807) is 25.3 Å². The predicted octanol–water partition coefficient (Wildman–Crippen LogP) is 5.60. The van der Waals surface area contributed by atoms with E-state index in [2.05, 4.69) is 22.4 Å². The van der Waals surface area contributed by atoms with Crippen LogP contribution in [0.1, 0.15) is 29.4 Å². The van der Waals surface area contributed by atoms with E-state index in [-0.39, 0.29) is 5.91 Å². The lowest BCUT2D eigenvalue weighted by atomic mass is 10.1. The summed E-state index contributed by atoms with van der Waals surface area (Å²) in [6, 6.07) is 12.3. The number of carbonyl (C=O) groups is 1. The number of benzene rings is 2. The number of aromatic amines is 1. The molecule has 0 aliphatic heterocycles. The number of halogens is 2. The number of para-hydroxylation sites is 1. The molecule has 0 aliphatic carbocycles. The molecule has 0 saturated carbocycles. The SMILES string of the molecule is CCCc1[nH]nc(-c2ccccc2OC)c1NC(=O)c1ccc(Cl)c(Cl)c1. The van der Waals surface area contributed by atoms with Crippen LogP contribution in [0.5, 0.6) is 5.75 Å². The Morgan fingerprint density at radius 1 is 1.19 bits per heavy atom. The third-order valence-electron chi connectivity index (χ3n) is 4.12. The third-order valence-corrected chi connectivity index (χ3v) is 4.86. The van der Waals surface area contributed by atoms with E-state index in [9.17, 15) is 4.79 Å². The van der Waals surface area contributed by atoms with Gasteiger partial charge in [0.15, 0.2) is 0 Å². The fourth-order valence-electron chi connectivity index (χ4n) is 2.80. The monoisotopic (exact) mass is 403 g/mol. The topological polar surface area (TPSA) is 67.0 Å². The maximum Gasteiger partial charge on any atom is 0.255 e. The highest BCUT2D eigenvalue weighted by atomic mass is 35.5. The molecular weight excluding hydrogens is 385 g/mol. The van der Waals surface area contributed by atoms with Crippen molar-refractivity contribution in [3.8, 4) is 17.0 Å². The Balaban J connectivity index is 2.01. The summed E-state index contributed by atoms with van der Waals surface area (Å²) in [5, 5.41) is 11.2. The summed E-state index contributed by atoms with van der Waals surface area (Å²) in [5.41, 5.74) is 3.33. The molecule has 0 aliphatic rings. The van der Waals surface area contributed by atoms with Crippen LogP contribution in [0.4, 0.5) is 5.69 Å². The highest BCUT2D eigenvalue weighted by molar-refractivity contribution is 6.42. The zero-order valence-electron chi connectivity index (χ0n) is 15.0. The number of amides is 1. The average molecular weight is 404 g/mol. The zero-order valence-corrected chi connectivity index (χ0v) is 16.5. The van der Waals surface area contributed by atoms with E-state index in [1.165, 1.54) is 0 Å². The first-order valence-corrected chi connectivity index (χ1v) is 9.27. The van der Waals surface area contributed by atoms with Gasteiger partial charge in [0, 0.05) is 11.1 Å². The predicted molar refractivity (Wildman–Crippen MR) is 109 cm³/mol. The minimum Gasteiger partial charge on any atom is -0.496 e. The van der Waals surface area contributed by atoms with E-state index in [0.717, 1.165) is 24.1 Å². The quantitative estimate of drug-likeness (QED) is 0.562. The molecule has 3 rings (SSSR count). The minimum absolute atomic E-state index is 0.288. The summed E-state index contributed by atoms with van der Waals surface area (Å²) in [6.07, 6.45) is 1.66. The molecule has 3 aromatic rings. The minimum atomic E-state index is -0.288. The number of methoxy groups -OCH3 is 1. The molecular formula is C20H19Cl2N3O2. The number of hydrogen-bond acceptors (Lipinski definition) is 3. The molecule has 27 heavy (non-hydrogen) atoms. The summed E-state index contributed by atoms with van der Waals surface area (Å²) in [6.45, 7) is 2.06. The van der Waals surface area contributed by atoms with Gasteiger partial charge >= 0.3 is 0 Å². The Hall–Kier alpha value is -2.50. The van der Waals surface area contributed by atoms with Crippen molar-refractivity contribution in [1.29, 1.82) is 0 Å². The second kappa shape index (κ2) is 8.46. The first-order chi connectivity index (χ1) is 13.0. The van der Waals surface area contributed by atoms with Crippen LogP contribution >= 0.6 is 23.2 Å². The molecule has 0 saturated heterocycles. The van der Waals surface area contributed by atoms with Gasteiger partial charge in [-0.3, -0.25) is 9.89 Å². The largest absolute Gasteiger partial charge is 0.496 e. The molecule has 2 N–H and O–H groups in total. The van der Waals surface area contributed by atoms with E-state index >= 15 is 0 Å². The van der Waals surface area contributed by atoms with E-state index in [1.807, 2.05) is 24.3 Å². The number of carbonyl (C=O) groups excluding carboxylic acids is 1. The van der Waals surface area contributed by atoms with Crippen LogP contribution < -0.4 is 10.1 Å². The standard InChI is InChI=1S/C20H19Cl2N3O2/c1-3-6-16-19(23-20(26)12-9-10-14(21)15(22)11-12)18(25-24-16)13-7-4-5-8-17(13)27-2/h4-5,7-11H,3,6H2,1-2H3,(H,23,26)(H,24,25). The second-order valence-corrected chi connectivity index (χ2v) is 6.77. The van der Waals surface area contributed by atoms with Crippen LogP contribution in [0, 0.1) is 0 Å². The second-order valence-electron chi connectivity index (χ2n) is 5.96. The van der Waals surface area contributed by atoms with Crippen LogP contribution in [0.25, 0.3) is 11.3 Å². The highest BCUT2D eigenvalue weighted by Gasteiger charge is 2.20. The average Bonchev–Trinajstić information content (AvgIpc) is 3.06. The fourth-order valence-corrected chi connectivity index (χ4v) is 3.10. The summed E-state index contributed by atoms with van der Waals surface area (Å²) in [7, 11) is 1.60. The van der Waals surface area contributed by atoms with Crippen molar-refractivity contribution in [2.45, 2.75) is 19.8 Å². The molecule has 0 fully saturated rings. The smallest absolute Gasteiger partial charge is 0.255 e. The first-order valence-electron chi connectivity index (χ1n) is 8.52. The van der Waals surface area contributed by atoms with Gasteiger partial charge in [-0.1, -0.05) is 48.7 Å². The van der Waals surface area contributed by atoms with Gasteiger partial charge in [0.1, 0.15) is 11.4 Å². The van der Waals surface area contributed by atoms with Crippen molar-refractivity contribution >= 4 is 34.8 Å². The van der Waals surface area contributed by atoms with Gasteiger partial charge < -0.3 is 10.1 Å². The lowest BCUT2D eigenvalue weighted by molar-refractivity contribution is 0.102. The lowest BCUT2D eigenvalue weighted by Gasteiger charge is -2.11. The van der Waals surface area contributed by atoms with Crippen LogP contribution in [-0.4, -0.2) is 23.2 Å². The van der Waals surface area contributed by atoms with E-state index in [4.69, 9.17) is 27.9 Å². The molecule has 0 radical (unpaired) electrons. The number of nitrogens with one attached hydrogen (secondary N) is 2. The Morgan fingerprint density at radius 2 is 1.96 bits per heavy atom. The number of rotatable bonds is 6. The molecule has 0 unspecified atom stereocenters. The van der Waals surface area contributed by atoms with Crippen LogP contribution in [0.2, 0.25) is 10.0 Å². The van der Waals surface area contributed by atoms with Gasteiger partial charge in [-0.05, 0) is 36.8 Å². The molecule has 5 nitrogen and oxygen atoms in total.